The van der Waals surface area contributed by atoms with Gasteiger partial charge in [0.1, 0.15) is 11.5 Å². The molecule has 1 heterocycles. The van der Waals surface area contributed by atoms with Crippen molar-refractivity contribution in [3.8, 4) is 0 Å². The number of aromatic amines is 1. The van der Waals surface area contributed by atoms with Gasteiger partial charge in [0.05, 0.1) is 0 Å². The Bertz CT molecular complexity index is 417. The summed E-state index contributed by atoms with van der Waals surface area (Å²) in [5, 5.41) is 2.79. The van der Waals surface area contributed by atoms with Crippen LogP contribution in [0, 0.1) is 0 Å². The lowest BCUT2D eigenvalue weighted by atomic mass is 10.4. The lowest BCUT2D eigenvalue weighted by Crippen LogP contribution is -2.35. The highest BCUT2D eigenvalue weighted by Crippen LogP contribution is 2.04. The Hall–Kier alpha value is -1.72. The van der Waals surface area contributed by atoms with Gasteiger partial charge in [-0.2, -0.15) is 0 Å². The van der Waals surface area contributed by atoms with Gasteiger partial charge < -0.3 is 11.1 Å². The molecule has 0 fully saturated rings. The number of nitrogens with zero attached hydrogens (tertiary/aromatic N) is 1. The van der Waals surface area contributed by atoms with Gasteiger partial charge in [0.15, 0.2) is 0 Å². The standard InChI is InChI=1S/C7H12N4O2/c1-3-9-5-4(8)6(12)11(2)7(13)10-5/h9H,3,8H2,1-2H3,(H,10,13). The Morgan fingerprint density at radius 2 is 2.15 bits per heavy atom. The second kappa shape index (κ2) is 3.34. The van der Waals surface area contributed by atoms with E-state index in [0.29, 0.717) is 6.54 Å². The fraction of sp³-hybridized carbons (Fsp3) is 0.429. The van der Waals surface area contributed by atoms with Gasteiger partial charge >= 0.3 is 5.69 Å². The van der Waals surface area contributed by atoms with E-state index in [4.69, 9.17) is 5.73 Å². The average Bonchev–Trinajstić information content (AvgIpc) is 2.11. The summed E-state index contributed by atoms with van der Waals surface area (Å²) in [6.07, 6.45) is 0. The number of nitrogen functional groups attached to an aromatic ring is 1. The van der Waals surface area contributed by atoms with Gasteiger partial charge in [-0.1, -0.05) is 0 Å². The van der Waals surface area contributed by atoms with Crippen LogP contribution in [0.5, 0.6) is 0 Å². The molecule has 0 bridgehead atoms. The van der Waals surface area contributed by atoms with Crippen LogP contribution in [0.4, 0.5) is 11.5 Å². The monoisotopic (exact) mass is 184 g/mol. The second-order valence-corrected chi connectivity index (χ2v) is 2.61. The van der Waals surface area contributed by atoms with Crippen molar-refractivity contribution in [2.75, 3.05) is 17.6 Å². The quantitative estimate of drug-likeness (QED) is 0.554. The predicted octanol–water partition coefficient (Wildman–Crippen LogP) is -0.912. The Morgan fingerprint density at radius 3 is 2.69 bits per heavy atom. The van der Waals surface area contributed by atoms with Crippen LogP contribution in [-0.4, -0.2) is 16.1 Å². The van der Waals surface area contributed by atoms with Crippen molar-refractivity contribution in [2.24, 2.45) is 7.05 Å². The van der Waals surface area contributed by atoms with E-state index in [1.165, 1.54) is 7.05 Å². The number of anilines is 2. The summed E-state index contributed by atoms with van der Waals surface area (Å²) in [6, 6.07) is 0. The van der Waals surface area contributed by atoms with Crippen molar-refractivity contribution in [3.05, 3.63) is 20.8 Å². The van der Waals surface area contributed by atoms with Gasteiger partial charge in [-0.05, 0) is 6.92 Å². The largest absolute Gasteiger partial charge is 0.391 e. The predicted molar refractivity (Wildman–Crippen MR) is 50.9 cm³/mol. The molecule has 0 aliphatic heterocycles. The number of hydrogen-bond acceptors (Lipinski definition) is 4. The zero-order valence-electron chi connectivity index (χ0n) is 7.55. The molecule has 1 aromatic rings. The van der Waals surface area contributed by atoms with Crippen LogP contribution in [0.3, 0.4) is 0 Å². The second-order valence-electron chi connectivity index (χ2n) is 2.61. The van der Waals surface area contributed by atoms with Crippen LogP contribution in [0.15, 0.2) is 9.59 Å². The van der Waals surface area contributed by atoms with E-state index in [-0.39, 0.29) is 11.5 Å². The highest BCUT2D eigenvalue weighted by atomic mass is 16.2. The van der Waals surface area contributed by atoms with E-state index in [1.54, 1.807) is 0 Å². The van der Waals surface area contributed by atoms with Gasteiger partial charge in [-0.3, -0.25) is 14.3 Å². The Labute approximate surface area is 74.4 Å². The summed E-state index contributed by atoms with van der Waals surface area (Å²) in [6.45, 7) is 2.43. The van der Waals surface area contributed by atoms with E-state index in [2.05, 4.69) is 10.3 Å². The number of hydrogen-bond donors (Lipinski definition) is 3. The zero-order chi connectivity index (χ0) is 10.0. The smallest absolute Gasteiger partial charge is 0.329 e. The first-order valence-electron chi connectivity index (χ1n) is 3.90. The van der Waals surface area contributed by atoms with Crippen molar-refractivity contribution in [3.63, 3.8) is 0 Å². The van der Waals surface area contributed by atoms with E-state index >= 15 is 0 Å². The first-order chi connectivity index (χ1) is 6.07. The molecule has 0 aromatic carbocycles. The molecule has 0 atom stereocenters. The molecule has 0 aliphatic rings. The molecule has 13 heavy (non-hydrogen) atoms. The first kappa shape index (κ1) is 9.37. The topological polar surface area (TPSA) is 92.9 Å². The highest BCUT2D eigenvalue weighted by Gasteiger charge is 2.06. The van der Waals surface area contributed by atoms with Crippen LogP contribution in [-0.2, 0) is 7.05 Å². The summed E-state index contributed by atoms with van der Waals surface area (Å²) in [5.74, 6) is 0.288. The molecule has 72 valence electrons. The molecule has 6 nitrogen and oxygen atoms in total. The van der Waals surface area contributed by atoms with Crippen molar-refractivity contribution in [2.45, 2.75) is 6.92 Å². The fourth-order valence-electron chi connectivity index (χ4n) is 0.954. The molecule has 6 heteroatoms. The van der Waals surface area contributed by atoms with Crippen LogP contribution < -0.4 is 22.3 Å². The van der Waals surface area contributed by atoms with Crippen molar-refractivity contribution in [1.82, 2.24) is 9.55 Å². The molecule has 0 spiro atoms. The SMILES string of the molecule is CCNc1[nH]c(=O)n(C)c(=O)c1N. The molecular weight excluding hydrogens is 172 g/mol. The van der Waals surface area contributed by atoms with Gasteiger partial charge in [0, 0.05) is 13.6 Å². The lowest BCUT2D eigenvalue weighted by molar-refractivity contribution is 0.780. The maximum atomic E-state index is 11.3. The van der Waals surface area contributed by atoms with Crippen molar-refractivity contribution < 1.29 is 0 Å². The third kappa shape index (κ3) is 1.56. The van der Waals surface area contributed by atoms with Gasteiger partial charge in [-0.25, -0.2) is 4.79 Å². The molecule has 4 N–H and O–H groups in total. The van der Waals surface area contributed by atoms with Crippen molar-refractivity contribution >= 4 is 11.5 Å². The van der Waals surface area contributed by atoms with Gasteiger partial charge in [0.25, 0.3) is 5.56 Å². The van der Waals surface area contributed by atoms with E-state index in [9.17, 15) is 9.59 Å². The molecule has 0 unspecified atom stereocenters. The molecule has 1 rings (SSSR count). The summed E-state index contributed by atoms with van der Waals surface area (Å²) in [4.78, 5) is 24.8. The number of nitrogens with two attached hydrogens (primary N) is 1. The van der Waals surface area contributed by atoms with Gasteiger partial charge in [0.2, 0.25) is 0 Å². The van der Waals surface area contributed by atoms with Gasteiger partial charge in [-0.15, -0.1) is 0 Å². The van der Waals surface area contributed by atoms with Crippen LogP contribution in [0.2, 0.25) is 0 Å². The fourth-order valence-corrected chi connectivity index (χ4v) is 0.954. The van der Waals surface area contributed by atoms with E-state index in [1.807, 2.05) is 6.92 Å². The van der Waals surface area contributed by atoms with E-state index in [0.717, 1.165) is 4.57 Å². The molecule has 0 amide bonds. The minimum absolute atomic E-state index is 0.0314. The number of H-pyrrole nitrogens is 1. The summed E-state index contributed by atoms with van der Waals surface area (Å²) in [5.41, 5.74) is 4.54. The third-order valence-electron chi connectivity index (χ3n) is 1.69. The molecule has 0 radical (unpaired) electrons. The zero-order valence-corrected chi connectivity index (χ0v) is 7.55. The van der Waals surface area contributed by atoms with Crippen LogP contribution in [0.1, 0.15) is 6.92 Å². The molecule has 0 aliphatic carbocycles. The van der Waals surface area contributed by atoms with Crippen LogP contribution in [0.25, 0.3) is 0 Å². The first-order valence-corrected chi connectivity index (χ1v) is 3.90. The Kier molecular flexibility index (Phi) is 2.41. The lowest BCUT2D eigenvalue weighted by Gasteiger charge is -2.06. The Morgan fingerprint density at radius 1 is 1.54 bits per heavy atom. The minimum atomic E-state index is -0.486. The highest BCUT2D eigenvalue weighted by molar-refractivity contribution is 5.58. The van der Waals surface area contributed by atoms with Crippen LogP contribution >= 0.6 is 0 Å². The number of rotatable bonds is 2. The number of nitrogens with one attached hydrogen (secondary N) is 2. The molecule has 1 aromatic heterocycles. The minimum Gasteiger partial charge on any atom is -0.391 e. The molecule has 0 saturated carbocycles. The summed E-state index contributed by atoms with van der Waals surface area (Å²) in [7, 11) is 1.37. The Balaban J connectivity index is 3.41. The van der Waals surface area contributed by atoms with E-state index < -0.39 is 11.2 Å². The van der Waals surface area contributed by atoms with Crippen molar-refractivity contribution in [1.29, 1.82) is 0 Å². The maximum Gasteiger partial charge on any atom is 0.329 e. The normalized spacial score (nSPS) is 10.0. The molecular formula is C7H12N4O2. The average molecular weight is 184 g/mol. The summed E-state index contributed by atoms with van der Waals surface area (Å²) < 4.78 is 0.927. The number of aromatic nitrogens is 2. The summed E-state index contributed by atoms with van der Waals surface area (Å²) >= 11 is 0. The third-order valence-corrected chi connectivity index (χ3v) is 1.69. The maximum absolute atomic E-state index is 11.3. The molecule has 0 saturated heterocycles.